The van der Waals surface area contributed by atoms with Gasteiger partial charge in [0.15, 0.2) is 0 Å². The van der Waals surface area contributed by atoms with Gasteiger partial charge in [-0.1, -0.05) is 26.2 Å². The number of ether oxygens (including phenoxy) is 1. The van der Waals surface area contributed by atoms with Crippen molar-refractivity contribution < 1.29 is 13.5 Å². The van der Waals surface area contributed by atoms with Crippen molar-refractivity contribution in [2.75, 3.05) is 6.54 Å². The molecule has 0 saturated heterocycles. The monoisotopic (exact) mass is 295 g/mol. The highest BCUT2D eigenvalue weighted by Gasteiger charge is 2.56. The molecule has 2 nitrogen and oxygen atoms in total. The van der Waals surface area contributed by atoms with Crippen molar-refractivity contribution >= 4 is 0 Å². The molecule has 1 aromatic rings. The molecular weight excluding hydrogens is 272 g/mol. The van der Waals surface area contributed by atoms with Crippen LogP contribution in [0.2, 0.25) is 0 Å². The molecule has 2 aliphatic carbocycles. The Labute approximate surface area is 124 Å². The Bertz CT molecular complexity index is 479. The maximum atomic E-state index is 13.3. The molecule has 2 saturated carbocycles. The fraction of sp³-hybridized carbons (Fsp3) is 0.647. The van der Waals surface area contributed by atoms with Crippen LogP contribution < -0.4 is 10.1 Å². The zero-order valence-corrected chi connectivity index (χ0v) is 12.5. The number of nitrogens with one attached hydrogen (secondary N) is 1. The molecule has 0 amide bonds. The van der Waals surface area contributed by atoms with Gasteiger partial charge in [-0.3, -0.25) is 0 Å². The fourth-order valence-electron chi connectivity index (χ4n) is 4.09. The lowest BCUT2D eigenvalue weighted by molar-refractivity contribution is -0.102. The largest absolute Gasteiger partial charge is 0.490 e. The van der Waals surface area contributed by atoms with Gasteiger partial charge in [0.2, 0.25) is 0 Å². The van der Waals surface area contributed by atoms with E-state index in [-0.39, 0.29) is 11.5 Å². The molecule has 1 spiro atoms. The van der Waals surface area contributed by atoms with Crippen LogP contribution in [0.25, 0.3) is 0 Å². The molecule has 2 fully saturated rings. The fourth-order valence-corrected chi connectivity index (χ4v) is 4.09. The third-order valence-corrected chi connectivity index (χ3v) is 5.13. The highest BCUT2D eigenvalue weighted by Crippen LogP contribution is 2.53. The first kappa shape index (κ1) is 14.8. The van der Waals surface area contributed by atoms with Crippen LogP contribution in [0.15, 0.2) is 18.2 Å². The van der Waals surface area contributed by atoms with E-state index in [4.69, 9.17) is 4.74 Å². The second-order valence-electron chi connectivity index (χ2n) is 6.35. The predicted molar refractivity (Wildman–Crippen MR) is 78.4 cm³/mol. The van der Waals surface area contributed by atoms with E-state index in [0.717, 1.165) is 31.9 Å². The first-order chi connectivity index (χ1) is 10.1. The zero-order chi connectivity index (χ0) is 14.9. The van der Waals surface area contributed by atoms with E-state index in [1.54, 1.807) is 0 Å². The van der Waals surface area contributed by atoms with E-state index >= 15 is 0 Å². The third kappa shape index (κ3) is 2.78. The summed E-state index contributed by atoms with van der Waals surface area (Å²) >= 11 is 0. The van der Waals surface area contributed by atoms with Crippen LogP contribution in [0.4, 0.5) is 8.78 Å². The molecule has 0 radical (unpaired) electrons. The van der Waals surface area contributed by atoms with Gasteiger partial charge in [-0.15, -0.1) is 0 Å². The Morgan fingerprint density at radius 3 is 2.43 bits per heavy atom. The van der Waals surface area contributed by atoms with Crippen molar-refractivity contribution in [3.05, 3.63) is 29.8 Å². The minimum atomic E-state index is -0.578. The van der Waals surface area contributed by atoms with Crippen LogP contribution in [0.5, 0.6) is 5.75 Å². The topological polar surface area (TPSA) is 21.3 Å². The molecule has 0 aromatic heterocycles. The van der Waals surface area contributed by atoms with Gasteiger partial charge in [0.1, 0.15) is 23.5 Å². The van der Waals surface area contributed by atoms with Gasteiger partial charge in [-0.05, 0) is 19.4 Å². The summed E-state index contributed by atoms with van der Waals surface area (Å²) in [6.45, 7) is 3.07. The molecule has 2 aliphatic rings. The summed E-state index contributed by atoms with van der Waals surface area (Å²) in [5.41, 5.74) is 0.150. The second kappa shape index (κ2) is 5.91. The minimum Gasteiger partial charge on any atom is -0.490 e. The molecular formula is C17H23F2NO. The van der Waals surface area contributed by atoms with Crippen LogP contribution in [0.1, 0.15) is 45.4 Å². The number of benzene rings is 1. The molecule has 4 heteroatoms. The van der Waals surface area contributed by atoms with Gasteiger partial charge in [0, 0.05) is 36.1 Å². The lowest BCUT2D eigenvalue weighted by Gasteiger charge is -2.57. The van der Waals surface area contributed by atoms with Crippen molar-refractivity contribution in [3.8, 4) is 5.75 Å². The first-order valence-corrected chi connectivity index (χ1v) is 8.00. The van der Waals surface area contributed by atoms with Crippen molar-refractivity contribution in [1.29, 1.82) is 0 Å². The SMILES string of the molecule is CCNC1CC(Oc2cc(F)cc(F)c2)C12CCCCC2. The molecule has 21 heavy (non-hydrogen) atoms. The number of rotatable bonds is 4. The molecule has 1 aromatic carbocycles. The van der Waals surface area contributed by atoms with Crippen molar-refractivity contribution in [2.24, 2.45) is 5.41 Å². The molecule has 116 valence electrons. The summed E-state index contributed by atoms with van der Waals surface area (Å²) in [5, 5.41) is 3.55. The van der Waals surface area contributed by atoms with Gasteiger partial charge < -0.3 is 10.1 Å². The maximum Gasteiger partial charge on any atom is 0.129 e. The van der Waals surface area contributed by atoms with Crippen molar-refractivity contribution in [2.45, 2.75) is 57.6 Å². The minimum absolute atomic E-state index is 0.0723. The highest BCUT2D eigenvalue weighted by molar-refractivity contribution is 5.25. The average Bonchev–Trinajstić information content (AvgIpc) is 2.46. The second-order valence-corrected chi connectivity index (χ2v) is 6.35. The molecule has 0 aliphatic heterocycles. The lowest BCUT2D eigenvalue weighted by atomic mass is 9.55. The smallest absolute Gasteiger partial charge is 0.129 e. The van der Waals surface area contributed by atoms with E-state index < -0.39 is 11.6 Å². The Balaban J connectivity index is 1.75. The van der Waals surface area contributed by atoms with Crippen LogP contribution >= 0.6 is 0 Å². The van der Waals surface area contributed by atoms with Gasteiger partial charge in [-0.25, -0.2) is 8.78 Å². The van der Waals surface area contributed by atoms with Crippen LogP contribution in [-0.2, 0) is 0 Å². The maximum absolute atomic E-state index is 13.3. The summed E-state index contributed by atoms with van der Waals surface area (Å²) in [6.07, 6.45) is 7.01. The summed E-state index contributed by atoms with van der Waals surface area (Å²) < 4.78 is 32.6. The normalized spacial score (nSPS) is 27.4. The number of halogens is 2. The highest BCUT2D eigenvalue weighted by atomic mass is 19.1. The summed E-state index contributed by atoms with van der Waals surface area (Å²) in [5.74, 6) is -0.840. The first-order valence-electron chi connectivity index (χ1n) is 8.00. The number of hydrogen-bond donors (Lipinski definition) is 1. The van der Waals surface area contributed by atoms with E-state index in [1.165, 1.54) is 31.4 Å². The summed E-state index contributed by atoms with van der Waals surface area (Å²) in [4.78, 5) is 0. The van der Waals surface area contributed by atoms with Crippen molar-refractivity contribution in [3.63, 3.8) is 0 Å². The molecule has 1 N–H and O–H groups in total. The molecule has 0 heterocycles. The van der Waals surface area contributed by atoms with Gasteiger partial charge >= 0.3 is 0 Å². The van der Waals surface area contributed by atoms with E-state index in [0.29, 0.717) is 11.8 Å². The molecule has 0 bridgehead atoms. The standard InChI is InChI=1S/C17H23F2NO/c1-2-20-15-11-16(17(15)6-4-3-5-7-17)21-14-9-12(18)8-13(19)10-14/h8-10,15-16,20H,2-7,11H2,1H3. The van der Waals surface area contributed by atoms with Crippen molar-refractivity contribution in [1.82, 2.24) is 5.32 Å². The molecule has 2 unspecified atom stereocenters. The van der Waals surface area contributed by atoms with Crippen LogP contribution in [0, 0.1) is 17.0 Å². The van der Waals surface area contributed by atoms with Crippen LogP contribution in [-0.4, -0.2) is 18.7 Å². The quantitative estimate of drug-likeness (QED) is 0.905. The Hall–Kier alpha value is -1.16. The lowest BCUT2D eigenvalue weighted by Crippen LogP contribution is -2.65. The Morgan fingerprint density at radius 1 is 1.14 bits per heavy atom. The van der Waals surface area contributed by atoms with E-state index in [9.17, 15) is 8.78 Å². The molecule has 2 atom stereocenters. The number of hydrogen-bond acceptors (Lipinski definition) is 2. The average molecular weight is 295 g/mol. The van der Waals surface area contributed by atoms with Gasteiger partial charge in [0.25, 0.3) is 0 Å². The van der Waals surface area contributed by atoms with Gasteiger partial charge in [-0.2, -0.15) is 0 Å². The third-order valence-electron chi connectivity index (χ3n) is 5.13. The molecule has 3 rings (SSSR count). The Kier molecular flexibility index (Phi) is 4.16. The van der Waals surface area contributed by atoms with E-state index in [2.05, 4.69) is 12.2 Å². The van der Waals surface area contributed by atoms with E-state index in [1.807, 2.05) is 0 Å². The Morgan fingerprint density at radius 2 is 1.81 bits per heavy atom. The summed E-state index contributed by atoms with van der Waals surface area (Å²) in [6, 6.07) is 3.91. The van der Waals surface area contributed by atoms with Gasteiger partial charge in [0.05, 0.1) is 0 Å². The summed E-state index contributed by atoms with van der Waals surface area (Å²) in [7, 11) is 0. The van der Waals surface area contributed by atoms with Crippen LogP contribution in [0.3, 0.4) is 0 Å². The predicted octanol–water partition coefficient (Wildman–Crippen LogP) is 4.04. The zero-order valence-electron chi connectivity index (χ0n) is 12.5.